The Labute approximate surface area is 157 Å². The van der Waals surface area contributed by atoms with E-state index in [0.717, 1.165) is 51.5 Å². The molecule has 0 radical (unpaired) electrons. The van der Waals surface area contributed by atoms with Crippen LogP contribution >= 0.6 is 0 Å². The molecule has 7 heteroatoms. The first-order valence-corrected chi connectivity index (χ1v) is 9.82. The van der Waals surface area contributed by atoms with Crippen LogP contribution in [0, 0.1) is 23.5 Å². The quantitative estimate of drug-likeness (QED) is 0.826. The van der Waals surface area contributed by atoms with Gasteiger partial charge in [0.2, 0.25) is 5.91 Å². The summed E-state index contributed by atoms with van der Waals surface area (Å²) < 4.78 is 28.7. The Morgan fingerprint density at radius 1 is 1.15 bits per heavy atom. The molecule has 2 aliphatic heterocycles. The first-order chi connectivity index (χ1) is 13.0. The molecule has 1 aromatic carbocycles. The molecule has 1 amide bonds. The van der Waals surface area contributed by atoms with Crippen molar-refractivity contribution >= 4 is 16.9 Å². The van der Waals surface area contributed by atoms with Crippen molar-refractivity contribution < 1.29 is 13.6 Å². The van der Waals surface area contributed by atoms with Crippen molar-refractivity contribution in [3.63, 3.8) is 0 Å². The van der Waals surface area contributed by atoms with E-state index in [2.05, 4.69) is 21.7 Å². The molecule has 0 spiro atoms. The number of amides is 1. The number of rotatable bonds is 3. The molecule has 4 rings (SSSR count). The van der Waals surface area contributed by atoms with Gasteiger partial charge in [0.15, 0.2) is 11.6 Å². The van der Waals surface area contributed by atoms with Crippen LogP contribution in [0.1, 0.15) is 32.6 Å². The molecular formula is C20H26F2N4O. The van der Waals surface area contributed by atoms with Crippen LogP contribution in [0.15, 0.2) is 18.5 Å². The summed E-state index contributed by atoms with van der Waals surface area (Å²) in [6.07, 6.45) is 5.64. The summed E-state index contributed by atoms with van der Waals surface area (Å²) in [5.74, 6) is -0.713. The van der Waals surface area contributed by atoms with Crippen LogP contribution in [0.5, 0.6) is 0 Å². The zero-order valence-electron chi connectivity index (χ0n) is 15.7. The molecule has 1 atom stereocenters. The van der Waals surface area contributed by atoms with Crippen LogP contribution in [-0.2, 0) is 11.5 Å². The van der Waals surface area contributed by atoms with Crippen molar-refractivity contribution in [1.82, 2.24) is 19.4 Å². The Kier molecular flexibility index (Phi) is 5.12. The highest BCUT2D eigenvalue weighted by molar-refractivity contribution is 5.79. The maximum Gasteiger partial charge on any atom is 0.225 e. The number of halogens is 2. The summed E-state index contributed by atoms with van der Waals surface area (Å²) in [7, 11) is 0. The Bertz CT molecular complexity index is 829. The molecule has 146 valence electrons. The molecule has 5 nitrogen and oxygen atoms in total. The van der Waals surface area contributed by atoms with Gasteiger partial charge in [-0.05, 0) is 31.6 Å². The van der Waals surface area contributed by atoms with Gasteiger partial charge in [-0.1, -0.05) is 6.92 Å². The minimum atomic E-state index is -0.876. The van der Waals surface area contributed by atoms with Crippen molar-refractivity contribution in [2.75, 3.05) is 26.2 Å². The predicted molar refractivity (Wildman–Crippen MR) is 98.9 cm³/mol. The summed E-state index contributed by atoms with van der Waals surface area (Å²) in [5.41, 5.74) is 1.05. The molecule has 27 heavy (non-hydrogen) atoms. The molecule has 0 bridgehead atoms. The Morgan fingerprint density at radius 2 is 1.89 bits per heavy atom. The average Bonchev–Trinajstić information content (AvgIpc) is 3.04. The summed E-state index contributed by atoms with van der Waals surface area (Å²) in [5, 5.41) is 0. The van der Waals surface area contributed by atoms with Crippen molar-refractivity contribution in [1.29, 1.82) is 0 Å². The number of hydrogen-bond donors (Lipinski definition) is 0. The number of nitrogens with zero attached hydrogens (tertiary/aromatic N) is 4. The maximum absolute atomic E-state index is 13.6. The number of fused-ring (bicyclic) bond motifs is 1. The summed E-state index contributed by atoms with van der Waals surface area (Å²) in [6.45, 7) is 6.22. The Morgan fingerprint density at radius 3 is 2.63 bits per heavy atom. The van der Waals surface area contributed by atoms with Gasteiger partial charge >= 0.3 is 0 Å². The van der Waals surface area contributed by atoms with E-state index in [1.165, 1.54) is 12.5 Å². The third-order valence-corrected chi connectivity index (χ3v) is 5.92. The van der Waals surface area contributed by atoms with E-state index < -0.39 is 11.6 Å². The van der Waals surface area contributed by atoms with E-state index in [0.29, 0.717) is 29.5 Å². The Balaban J connectivity index is 1.36. The van der Waals surface area contributed by atoms with Gasteiger partial charge in [-0.25, -0.2) is 13.8 Å². The fourth-order valence-electron chi connectivity index (χ4n) is 4.35. The topological polar surface area (TPSA) is 41.4 Å². The highest BCUT2D eigenvalue weighted by Crippen LogP contribution is 2.25. The molecule has 0 saturated carbocycles. The van der Waals surface area contributed by atoms with Gasteiger partial charge in [0.1, 0.15) is 0 Å². The molecule has 3 heterocycles. The van der Waals surface area contributed by atoms with Crippen LogP contribution in [-0.4, -0.2) is 51.4 Å². The average molecular weight is 376 g/mol. The maximum atomic E-state index is 13.6. The number of imidazole rings is 1. The smallest absolute Gasteiger partial charge is 0.225 e. The van der Waals surface area contributed by atoms with Gasteiger partial charge in [-0.3, -0.25) is 9.69 Å². The molecule has 2 aromatic rings. The van der Waals surface area contributed by atoms with Crippen LogP contribution in [0.25, 0.3) is 11.0 Å². The zero-order chi connectivity index (χ0) is 19.0. The fraction of sp³-hybridized carbons (Fsp3) is 0.600. The molecule has 2 saturated heterocycles. The lowest BCUT2D eigenvalue weighted by atomic mass is 9.93. The summed E-state index contributed by atoms with van der Waals surface area (Å²) in [6, 6.07) is 2.33. The third kappa shape index (κ3) is 3.83. The van der Waals surface area contributed by atoms with Crippen LogP contribution in [0.3, 0.4) is 0 Å². The van der Waals surface area contributed by atoms with Crippen LogP contribution in [0.4, 0.5) is 8.78 Å². The van der Waals surface area contributed by atoms with Crippen LogP contribution < -0.4 is 0 Å². The zero-order valence-corrected chi connectivity index (χ0v) is 15.7. The van der Waals surface area contributed by atoms with Gasteiger partial charge in [0, 0.05) is 44.2 Å². The lowest BCUT2D eigenvalue weighted by Crippen LogP contribution is -2.46. The molecular weight excluding hydrogens is 350 g/mol. The van der Waals surface area contributed by atoms with E-state index in [9.17, 15) is 13.6 Å². The lowest BCUT2D eigenvalue weighted by molar-refractivity contribution is -0.139. The minimum absolute atomic E-state index is 0.109. The second kappa shape index (κ2) is 7.54. The molecule has 1 aromatic heterocycles. The van der Waals surface area contributed by atoms with Gasteiger partial charge in [0.05, 0.1) is 24.0 Å². The van der Waals surface area contributed by atoms with Crippen molar-refractivity contribution in [3.8, 4) is 0 Å². The molecule has 2 fully saturated rings. The Hall–Kier alpha value is -2.02. The largest absolute Gasteiger partial charge is 0.342 e. The van der Waals surface area contributed by atoms with Gasteiger partial charge in [-0.2, -0.15) is 0 Å². The lowest BCUT2D eigenvalue weighted by Gasteiger charge is -2.37. The second-order valence-corrected chi connectivity index (χ2v) is 8.03. The number of likely N-dealkylation sites (tertiary alicyclic amines) is 2. The fourth-order valence-corrected chi connectivity index (χ4v) is 4.35. The number of benzene rings is 1. The highest BCUT2D eigenvalue weighted by atomic mass is 19.2. The first kappa shape index (κ1) is 18.3. The monoisotopic (exact) mass is 376 g/mol. The molecule has 0 unspecified atom stereocenters. The number of aromatic nitrogens is 2. The molecule has 2 aliphatic rings. The highest BCUT2D eigenvalue weighted by Gasteiger charge is 2.30. The van der Waals surface area contributed by atoms with Gasteiger partial charge in [0.25, 0.3) is 0 Å². The van der Waals surface area contributed by atoms with E-state index in [1.54, 1.807) is 6.33 Å². The number of hydrogen-bond acceptors (Lipinski definition) is 3. The standard InChI is InChI=1S/C20H26F2N4O/c1-14-3-2-6-25(11-14)20(27)15-4-7-24(8-5-15)13-26-12-23-18-9-16(21)17(22)10-19(18)26/h9-10,12,14-15H,2-8,11,13H2,1H3/t14-/m0/s1. The van der Waals surface area contributed by atoms with Gasteiger partial charge in [-0.15, -0.1) is 0 Å². The first-order valence-electron chi connectivity index (χ1n) is 9.82. The number of carbonyl (C=O) groups is 1. The van der Waals surface area contributed by atoms with Crippen molar-refractivity contribution in [2.24, 2.45) is 11.8 Å². The SMILES string of the molecule is C[C@H]1CCCN(C(=O)C2CCN(Cn3cnc4cc(F)c(F)cc43)CC2)C1. The number of piperidine rings is 2. The van der Waals surface area contributed by atoms with Crippen molar-refractivity contribution in [2.45, 2.75) is 39.3 Å². The summed E-state index contributed by atoms with van der Waals surface area (Å²) in [4.78, 5) is 21.2. The van der Waals surface area contributed by atoms with E-state index in [-0.39, 0.29) is 5.92 Å². The number of carbonyl (C=O) groups excluding carboxylic acids is 1. The molecule has 0 aliphatic carbocycles. The van der Waals surface area contributed by atoms with Crippen LogP contribution in [0.2, 0.25) is 0 Å². The predicted octanol–water partition coefficient (Wildman–Crippen LogP) is 3.24. The minimum Gasteiger partial charge on any atom is -0.342 e. The van der Waals surface area contributed by atoms with E-state index in [4.69, 9.17) is 0 Å². The van der Waals surface area contributed by atoms with E-state index in [1.807, 2.05) is 4.57 Å². The summed E-state index contributed by atoms with van der Waals surface area (Å²) >= 11 is 0. The molecule has 0 N–H and O–H groups in total. The van der Waals surface area contributed by atoms with Crippen molar-refractivity contribution in [3.05, 3.63) is 30.1 Å². The van der Waals surface area contributed by atoms with Gasteiger partial charge < -0.3 is 9.47 Å². The van der Waals surface area contributed by atoms with E-state index >= 15 is 0 Å². The normalized spacial score (nSPS) is 22.5. The second-order valence-electron chi connectivity index (χ2n) is 8.03. The third-order valence-electron chi connectivity index (χ3n) is 5.92.